The van der Waals surface area contributed by atoms with Crippen molar-refractivity contribution in [1.29, 1.82) is 0 Å². The minimum Gasteiger partial charge on any atom is -1.00 e. The molecule has 30 heavy (non-hydrogen) atoms. The fraction of sp³-hybridized carbons (Fsp3) is 0.360. The normalized spacial score (nSPS) is 13.2. The fourth-order valence-electron chi connectivity index (χ4n) is 4.67. The van der Waals surface area contributed by atoms with E-state index >= 15 is 0 Å². The van der Waals surface area contributed by atoms with Crippen molar-refractivity contribution >= 4 is 19.2 Å². The smallest absolute Gasteiger partial charge is 1.00 e. The maximum absolute atomic E-state index is 2.45. The number of aryl methyl sites for hydroxylation is 4. The molecule has 0 aromatic heterocycles. The third-order valence-corrected chi connectivity index (χ3v) is 10.2. The van der Waals surface area contributed by atoms with Crippen molar-refractivity contribution in [3.8, 4) is 0 Å². The summed E-state index contributed by atoms with van der Waals surface area (Å²) in [6.45, 7) is 13.6. The maximum atomic E-state index is 2.45. The van der Waals surface area contributed by atoms with Gasteiger partial charge in [-0.1, -0.05) is 0 Å². The number of halogens is 3. The van der Waals surface area contributed by atoms with Gasteiger partial charge in [0.05, 0.1) is 0 Å². The third-order valence-electron chi connectivity index (χ3n) is 5.60. The number of hydrogen-bond donors (Lipinski definition) is 0. The standard InChI is InChI=1S/C25H31Si.3ClH.Ti/c1-7-8-22-16-25(15-21(22)6)26(23-11-17(2)9-18(3)12-23)24-13-19(4)10-20(5)14-24;;;;/h9-14,26H,7-8,15H2,1-6H3;3*1H;/q;;;;+3/p-3. The average molecular weight is 514 g/mol. The van der Waals surface area contributed by atoms with E-state index in [1.807, 2.05) is 0 Å². The first-order valence-corrected chi connectivity index (χ1v) is 12.6. The Morgan fingerprint density at radius 3 is 1.50 bits per heavy atom. The van der Waals surface area contributed by atoms with Crippen LogP contribution in [0.25, 0.3) is 0 Å². The Hall–Kier alpha value is -0.279. The Balaban J connectivity index is 0.00000280. The molecule has 0 N–H and O–H groups in total. The molecule has 0 heterocycles. The summed E-state index contributed by atoms with van der Waals surface area (Å²) >= 11 is 2.39. The van der Waals surface area contributed by atoms with Crippen LogP contribution in [0.1, 0.15) is 55.4 Å². The van der Waals surface area contributed by atoms with Gasteiger partial charge in [0.2, 0.25) is 0 Å². The number of benzene rings is 2. The number of allylic oxidation sites excluding steroid dienone is 4. The van der Waals surface area contributed by atoms with Gasteiger partial charge in [0.15, 0.2) is 0 Å². The summed E-state index contributed by atoms with van der Waals surface area (Å²) in [5.41, 5.74) is 8.81. The van der Waals surface area contributed by atoms with Crippen molar-refractivity contribution < 1.29 is 57.7 Å². The molecule has 0 saturated carbocycles. The van der Waals surface area contributed by atoms with Crippen molar-refractivity contribution in [2.24, 2.45) is 0 Å². The zero-order valence-corrected chi connectivity index (χ0v) is 23.8. The molecule has 0 saturated heterocycles. The Morgan fingerprint density at radius 1 is 0.733 bits per heavy atom. The molecule has 3 rings (SSSR count). The van der Waals surface area contributed by atoms with Crippen LogP contribution < -0.4 is 47.6 Å². The van der Waals surface area contributed by atoms with Crippen molar-refractivity contribution in [1.82, 2.24) is 0 Å². The predicted molar refractivity (Wildman–Crippen MR) is 118 cm³/mol. The molecule has 0 fully saturated rings. The maximum Gasteiger partial charge on any atom is -1.00 e. The van der Waals surface area contributed by atoms with Gasteiger partial charge in [-0.2, -0.15) is 0 Å². The average Bonchev–Trinajstić information content (AvgIpc) is 2.82. The summed E-state index contributed by atoms with van der Waals surface area (Å²) in [5.74, 6) is 0. The van der Waals surface area contributed by atoms with Crippen LogP contribution in [0, 0.1) is 27.7 Å². The quantitative estimate of drug-likeness (QED) is 0.359. The Morgan fingerprint density at radius 2 is 1.13 bits per heavy atom. The molecule has 1 aliphatic rings. The summed E-state index contributed by atoms with van der Waals surface area (Å²) < 4.78 is 1.60. The zero-order valence-electron chi connectivity index (χ0n) is 18.8. The van der Waals surface area contributed by atoms with Crippen molar-refractivity contribution in [2.75, 3.05) is 0 Å². The minimum atomic E-state index is -1.44. The van der Waals surface area contributed by atoms with E-state index in [2.05, 4.69) is 98.4 Å². The molecule has 0 aliphatic heterocycles. The molecule has 5 heteroatoms. The molecule has 0 amide bonds. The van der Waals surface area contributed by atoms with E-state index in [4.69, 9.17) is 0 Å². The molecule has 0 atom stereocenters. The molecule has 0 radical (unpaired) electrons. The SMILES string of the molecule is CCCC1=C(C)CC([SiH](c2cc(C)cc(C)c2)c2cc(C)cc(C)c2)=[C]1[Ti+3].[Cl-].[Cl-].[Cl-]. The van der Waals surface area contributed by atoms with E-state index in [1.165, 1.54) is 41.5 Å². The fourth-order valence-corrected chi connectivity index (χ4v) is 9.89. The van der Waals surface area contributed by atoms with E-state index in [9.17, 15) is 0 Å². The number of hydrogen-bond acceptors (Lipinski definition) is 0. The van der Waals surface area contributed by atoms with Gasteiger partial charge < -0.3 is 37.2 Å². The number of rotatable bonds is 5. The summed E-state index contributed by atoms with van der Waals surface area (Å²) in [6.07, 6.45) is 3.64. The first kappa shape index (κ1) is 29.7. The van der Waals surface area contributed by atoms with Crippen molar-refractivity contribution in [2.45, 2.75) is 60.8 Å². The third kappa shape index (κ3) is 6.61. The first-order chi connectivity index (χ1) is 12.8. The first-order valence-electron chi connectivity index (χ1n) is 10.1. The van der Waals surface area contributed by atoms with Gasteiger partial charge in [-0.3, -0.25) is 0 Å². The molecule has 160 valence electrons. The van der Waals surface area contributed by atoms with Crippen LogP contribution in [-0.2, 0) is 20.4 Å². The molecule has 2 aromatic carbocycles. The van der Waals surface area contributed by atoms with Gasteiger partial charge in [0, 0.05) is 0 Å². The minimum absolute atomic E-state index is 0. The second kappa shape index (κ2) is 12.7. The van der Waals surface area contributed by atoms with Crippen molar-refractivity contribution in [3.05, 3.63) is 78.9 Å². The Bertz CT molecular complexity index is 855. The van der Waals surface area contributed by atoms with Gasteiger partial charge >= 0.3 is 179 Å². The van der Waals surface area contributed by atoms with Crippen LogP contribution in [0.3, 0.4) is 0 Å². The monoisotopic (exact) mass is 512 g/mol. The van der Waals surface area contributed by atoms with Crippen LogP contribution in [0.5, 0.6) is 0 Å². The van der Waals surface area contributed by atoms with Crippen LogP contribution >= 0.6 is 0 Å². The van der Waals surface area contributed by atoms with E-state index < -0.39 is 8.80 Å². The van der Waals surface area contributed by atoms with Gasteiger partial charge in [-0.05, 0) is 0 Å². The van der Waals surface area contributed by atoms with Crippen LogP contribution in [0.15, 0.2) is 56.6 Å². The van der Waals surface area contributed by atoms with Gasteiger partial charge in [0.1, 0.15) is 0 Å². The van der Waals surface area contributed by atoms with Crippen molar-refractivity contribution in [3.63, 3.8) is 0 Å². The van der Waals surface area contributed by atoms with Gasteiger partial charge in [-0.15, -0.1) is 0 Å². The van der Waals surface area contributed by atoms with Crippen LogP contribution in [0.4, 0.5) is 0 Å². The van der Waals surface area contributed by atoms with Gasteiger partial charge in [0.25, 0.3) is 0 Å². The second-order valence-corrected chi connectivity index (χ2v) is 12.0. The zero-order chi connectivity index (χ0) is 19.7. The summed E-state index contributed by atoms with van der Waals surface area (Å²) in [6, 6.07) is 14.4. The van der Waals surface area contributed by atoms with Gasteiger partial charge in [-0.25, -0.2) is 0 Å². The molecule has 0 spiro atoms. The molecule has 2 aromatic rings. The second-order valence-electron chi connectivity index (χ2n) is 8.36. The topological polar surface area (TPSA) is 0 Å². The van der Waals surface area contributed by atoms with E-state index in [0.29, 0.717) is 0 Å². The summed E-state index contributed by atoms with van der Waals surface area (Å²) in [5, 5.41) is 4.90. The molecule has 1 aliphatic carbocycles. The summed E-state index contributed by atoms with van der Waals surface area (Å²) in [4.78, 5) is 0. The molecule has 0 bridgehead atoms. The Kier molecular flexibility index (Phi) is 12.6. The van der Waals surface area contributed by atoms with E-state index in [0.717, 1.165) is 0 Å². The Labute approximate surface area is 215 Å². The molecule has 0 unspecified atom stereocenters. The molecular formula is C25H31Cl3SiTi. The molecular weight excluding hydrogens is 483 g/mol. The van der Waals surface area contributed by atoms with E-state index in [-0.39, 0.29) is 37.2 Å². The predicted octanol–water partition coefficient (Wildman–Crippen LogP) is -3.87. The van der Waals surface area contributed by atoms with Crippen LogP contribution in [0.2, 0.25) is 0 Å². The molecule has 0 nitrogen and oxygen atoms in total. The van der Waals surface area contributed by atoms with E-state index in [1.54, 1.807) is 30.6 Å². The van der Waals surface area contributed by atoms with Crippen LogP contribution in [-0.4, -0.2) is 8.80 Å². The summed E-state index contributed by atoms with van der Waals surface area (Å²) in [7, 11) is -1.44. The largest absolute Gasteiger partial charge is 1.00 e.